The molecule has 0 amide bonds. The largest absolute Gasteiger partial charge is 0.507 e. The number of hydrogen-bond donors (Lipinski definition) is 6. The molecule has 0 bridgehead atoms. The van der Waals surface area contributed by atoms with Gasteiger partial charge in [-0.25, -0.2) is 0 Å². The quantitative estimate of drug-likeness (QED) is 0.338. The van der Waals surface area contributed by atoms with E-state index in [1.54, 1.807) is 0 Å². The highest BCUT2D eigenvalue weighted by atomic mass is 16.4. The molecule has 4 rings (SSSR count). The molecule has 9 nitrogen and oxygen atoms in total. The summed E-state index contributed by atoms with van der Waals surface area (Å²) in [6, 6.07) is 3.75. The second-order valence-corrected chi connectivity index (χ2v) is 7.58. The first-order chi connectivity index (χ1) is 14.0. The maximum atomic E-state index is 13.0. The predicted octanol–water partition coefficient (Wildman–Crippen LogP) is 1.33. The van der Waals surface area contributed by atoms with Crippen LogP contribution in [-0.4, -0.2) is 53.8 Å². The van der Waals surface area contributed by atoms with Crippen LogP contribution in [0.1, 0.15) is 74.8 Å². The van der Waals surface area contributed by atoms with E-state index >= 15 is 0 Å². The molecule has 0 aromatic heterocycles. The molecule has 30 heavy (non-hydrogen) atoms. The first-order valence-electron chi connectivity index (χ1n) is 9.21. The summed E-state index contributed by atoms with van der Waals surface area (Å²) in [5.41, 5.74) is -4.76. The fourth-order valence-electron chi connectivity index (χ4n) is 4.59. The first kappa shape index (κ1) is 19.9. The average molecular weight is 414 g/mol. The summed E-state index contributed by atoms with van der Waals surface area (Å²) in [5, 5.41) is 63.0. The minimum atomic E-state index is -1.96. The normalized spacial score (nSPS) is 24.8. The van der Waals surface area contributed by atoms with Crippen molar-refractivity contribution in [2.75, 3.05) is 0 Å². The van der Waals surface area contributed by atoms with Crippen molar-refractivity contribution >= 4 is 17.5 Å². The molecule has 3 atom stereocenters. The van der Waals surface area contributed by atoms with Crippen LogP contribution >= 0.6 is 0 Å². The Labute approximate surface area is 169 Å². The van der Waals surface area contributed by atoms with Crippen molar-refractivity contribution < 1.29 is 45.0 Å². The highest BCUT2D eigenvalue weighted by Crippen LogP contribution is 2.55. The summed E-state index contributed by atoms with van der Waals surface area (Å²) in [5.74, 6) is -7.41. The highest BCUT2D eigenvalue weighted by molar-refractivity contribution is 6.31. The Morgan fingerprint density at radius 1 is 1.03 bits per heavy atom. The molecule has 2 aliphatic carbocycles. The Hall–Kier alpha value is -3.43. The van der Waals surface area contributed by atoms with E-state index in [0.29, 0.717) is 0 Å². The van der Waals surface area contributed by atoms with Crippen LogP contribution in [0.4, 0.5) is 0 Å². The van der Waals surface area contributed by atoms with Crippen LogP contribution in [0.25, 0.3) is 0 Å². The lowest BCUT2D eigenvalue weighted by Gasteiger charge is -2.41. The molecule has 0 fully saturated rings. The number of phenolic OH excluding ortho intramolecular Hbond substituents is 3. The number of fused-ring (bicyclic) bond motifs is 3. The zero-order chi connectivity index (χ0) is 22.1. The monoisotopic (exact) mass is 414 g/mol. The number of rotatable bonds is 2. The maximum Gasteiger partial charge on any atom is 0.314 e. The van der Waals surface area contributed by atoms with Gasteiger partial charge in [0.05, 0.1) is 28.4 Å². The third-order valence-electron chi connectivity index (χ3n) is 6.06. The van der Waals surface area contributed by atoms with Crippen LogP contribution in [0.3, 0.4) is 0 Å². The Morgan fingerprint density at radius 3 is 2.23 bits per heavy atom. The first-order valence-corrected chi connectivity index (χ1v) is 9.21. The molecule has 0 saturated carbocycles. The van der Waals surface area contributed by atoms with Gasteiger partial charge in [0.25, 0.3) is 0 Å². The van der Waals surface area contributed by atoms with Crippen molar-refractivity contribution in [1.29, 1.82) is 0 Å². The van der Waals surface area contributed by atoms with Gasteiger partial charge < -0.3 is 30.6 Å². The number of carboxylic acids is 1. The van der Waals surface area contributed by atoms with Gasteiger partial charge in [-0.3, -0.25) is 14.4 Å². The number of phenols is 3. The molecule has 156 valence electrons. The van der Waals surface area contributed by atoms with Crippen LogP contribution in [0.2, 0.25) is 0 Å². The molecule has 0 unspecified atom stereocenters. The van der Waals surface area contributed by atoms with E-state index in [4.69, 9.17) is 0 Å². The van der Waals surface area contributed by atoms with E-state index in [0.717, 1.165) is 0 Å². The van der Waals surface area contributed by atoms with E-state index in [-0.39, 0.29) is 17.5 Å². The van der Waals surface area contributed by atoms with Gasteiger partial charge in [-0.1, -0.05) is 19.1 Å². The lowest BCUT2D eigenvalue weighted by atomic mass is 9.66. The SMILES string of the molecule is CC[C@@]1(O)C[C@H](O)c2c(O)c3c(c(O)c2[C@H]1C(=O)O)C(=O)c1cccc(O)c1C3=O. The standard InChI is InChI=1S/C21H18O9/c1-2-21(30)6-9(23)11-12(15(21)20(28)29)19(27)13-14(18(11)26)17(25)10-7(16(13)24)4-3-5-8(10)22/h3-5,9,15,22-23,26-27,30H,2,6H2,1H3,(H,28,29)/t9-,15-,21+/m0/s1. The minimum absolute atomic E-state index is 0.0959. The van der Waals surface area contributed by atoms with Crippen LogP contribution in [0, 0.1) is 0 Å². The van der Waals surface area contributed by atoms with E-state index < -0.39 is 81.1 Å². The molecular weight excluding hydrogens is 396 g/mol. The van der Waals surface area contributed by atoms with Crippen LogP contribution in [0.5, 0.6) is 17.2 Å². The number of hydrogen-bond acceptors (Lipinski definition) is 8. The van der Waals surface area contributed by atoms with Crippen molar-refractivity contribution in [3.05, 3.63) is 51.6 Å². The number of benzene rings is 2. The van der Waals surface area contributed by atoms with E-state index in [1.165, 1.54) is 25.1 Å². The molecule has 9 heteroatoms. The van der Waals surface area contributed by atoms with Crippen molar-refractivity contribution in [2.24, 2.45) is 0 Å². The van der Waals surface area contributed by atoms with Gasteiger partial charge in [-0.2, -0.15) is 0 Å². The second-order valence-electron chi connectivity index (χ2n) is 7.58. The summed E-state index contributed by atoms with van der Waals surface area (Å²) < 4.78 is 0. The molecule has 2 aromatic carbocycles. The molecule has 2 aromatic rings. The number of aromatic hydroxyl groups is 3. The summed E-state index contributed by atoms with van der Waals surface area (Å²) in [4.78, 5) is 38.1. The van der Waals surface area contributed by atoms with E-state index in [2.05, 4.69) is 0 Å². The zero-order valence-corrected chi connectivity index (χ0v) is 15.7. The van der Waals surface area contributed by atoms with Gasteiger partial charge in [0.2, 0.25) is 5.78 Å². The summed E-state index contributed by atoms with van der Waals surface area (Å²) >= 11 is 0. The van der Waals surface area contributed by atoms with Gasteiger partial charge in [0.1, 0.15) is 23.2 Å². The highest BCUT2D eigenvalue weighted by Gasteiger charge is 2.53. The Bertz CT molecular complexity index is 1150. The van der Waals surface area contributed by atoms with Gasteiger partial charge in [-0.05, 0) is 12.5 Å². The third-order valence-corrected chi connectivity index (χ3v) is 6.06. The van der Waals surface area contributed by atoms with E-state index in [9.17, 15) is 45.0 Å². The van der Waals surface area contributed by atoms with Crippen molar-refractivity contribution in [2.45, 2.75) is 37.4 Å². The fourth-order valence-corrected chi connectivity index (χ4v) is 4.59. The minimum Gasteiger partial charge on any atom is -0.507 e. The molecule has 0 spiro atoms. The number of aliphatic hydroxyl groups is 2. The summed E-state index contributed by atoms with van der Waals surface area (Å²) in [6.07, 6.45) is -2.17. The van der Waals surface area contributed by atoms with Gasteiger partial charge >= 0.3 is 5.97 Å². The predicted molar refractivity (Wildman–Crippen MR) is 99.9 cm³/mol. The summed E-state index contributed by atoms with van der Waals surface area (Å²) in [6.45, 7) is 1.50. The number of carbonyl (C=O) groups is 3. The van der Waals surface area contributed by atoms with E-state index in [1.807, 2.05) is 0 Å². The van der Waals surface area contributed by atoms with Gasteiger partial charge in [0.15, 0.2) is 5.78 Å². The molecule has 2 aliphatic rings. The zero-order valence-electron chi connectivity index (χ0n) is 15.7. The van der Waals surface area contributed by atoms with Gasteiger partial charge in [-0.15, -0.1) is 0 Å². The van der Waals surface area contributed by atoms with Crippen molar-refractivity contribution in [1.82, 2.24) is 0 Å². The number of aliphatic hydroxyl groups excluding tert-OH is 1. The molecule has 0 saturated heterocycles. The fraction of sp³-hybridized carbons (Fsp3) is 0.286. The maximum absolute atomic E-state index is 13.0. The topological polar surface area (TPSA) is 173 Å². The molecule has 0 radical (unpaired) electrons. The van der Waals surface area contributed by atoms with Crippen LogP contribution in [-0.2, 0) is 4.79 Å². The van der Waals surface area contributed by atoms with Crippen LogP contribution < -0.4 is 0 Å². The van der Waals surface area contributed by atoms with Crippen molar-refractivity contribution in [3.63, 3.8) is 0 Å². The van der Waals surface area contributed by atoms with Gasteiger partial charge in [0, 0.05) is 23.1 Å². The molecule has 0 aliphatic heterocycles. The smallest absolute Gasteiger partial charge is 0.314 e. The molecular formula is C21H18O9. The number of carboxylic acid groups (broad SMARTS) is 1. The Balaban J connectivity index is 2.12. The summed E-state index contributed by atoms with van der Waals surface area (Å²) in [7, 11) is 0. The lowest BCUT2D eigenvalue weighted by molar-refractivity contribution is -0.149. The van der Waals surface area contributed by atoms with Crippen LogP contribution in [0.15, 0.2) is 18.2 Å². The number of aliphatic carboxylic acids is 1. The second kappa shape index (κ2) is 6.28. The lowest BCUT2D eigenvalue weighted by Crippen LogP contribution is -2.45. The third kappa shape index (κ3) is 2.33. The molecule has 0 heterocycles. The number of carbonyl (C=O) groups excluding carboxylic acids is 2. The molecule has 6 N–H and O–H groups in total. The average Bonchev–Trinajstić information content (AvgIpc) is 2.67. The Kier molecular flexibility index (Phi) is 4.16. The Morgan fingerprint density at radius 2 is 1.63 bits per heavy atom. The van der Waals surface area contributed by atoms with Crippen molar-refractivity contribution in [3.8, 4) is 17.2 Å². The number of ketones is 2.